The Morgan fingerprint density at radius 2 is 2.05 bits per heavy atom. The fourth-order valence-electron chi connectivity index (χ4n) is 1.84. The Hall–Kier alpha value is -1.76. The fourth-order valence-corrected chi connectivity index (χ4v) is 2.40. The second kappa shape index (κ2) is 9.30. The summed E-state index contributed by atoms with van der Waals surface area (Å²) < 4.78 is 11.4. The first kappa shape index (κ1) is 18.3. The summed E-state index contributed by atoms with van der Waals surface area (Å²) >= 11 is 3.37. The minimum atomic E-state index is -0.827. The summed E-state index contributed by atoms with van der Waals surface area (Å²) in [5.74, 6) is -0.0286. The minimum absolute atomic E-state index is 0.109. The molecule has 0 aromatic heterocycles. The number of halogens is 1. The van der Waals surface area contributed by atoms with Crippen LogP contribution in [0.4, 0.5) is 0 Å². The lowest BCUT2D eigenvalue weighted by Gasteiger charge is -2.13. The van der Waals surface area contributed by atoms with Crippen LogP contribution in [-0.2, 0) is 4.79 Å². The van der Waals surface area contributed by atoms with Gasteiger partial charge in [0, 0.05) is 18.5 Å². The third-order valence-corrected chi connectivity index (χ3v) is 3.47. The number of carboxylic acid groups (broad SMARTS) is 1. The van der Waals surface area contributed by atoms with Crippen LogP contribution in [0.15, 0.2) is 16.6 Å². The van der Waals surface area contributed by atoms with Gasteiger partial charge in [-0.05, 0) is 47.8 Å². The minimum Gasteiger partial charge on any atom is -0.493 e. The highest BCUT2D eigenvalue weighted by molar-refractivity contribution is 9.10. The molecule has 0 saturated carbocycles. The van der Waals surface area contributed by atoms with Crippen molar-refractivity contribution in [2.24, 2.45) is 0 Å². The lowest BCUT2D eigenvalue weighted by molar-refractivity contribution is -0.137. The van der Waals surface area contributed by atoms with Gasteiger partial charge in [-0.25, -0.2) is 0 Å². The van der Waals surface area contributed by atoms with E-state index in [9.17, 15) is 9.59 Å². The summed E-state index contributed by atoms with van der Waals surface area (Å²) in [6, 6.07) is 3.28. The molecule has 1 amide bonds. The number of aliphatic carboxylic acids is 1. The number of hydrogen-bond acceptors (Lipinski definition) is 4. The summed E-state index contributed by atoms with van der Waals surface area (Å²) in [5.41, 5.74) is 0.449. The number of carbonyl (C=O) groups excluding carboxylic acids is 1. The molecule has 0 heterocycles. The molecule has 0 aliphatic heterocycles. The molecule has 1 aromatic carbocycles. The Balaban J connectivity index is 2.65. The second-order valence-electron chi connectivity index (χ2n) is 4.53. The molecule has 0 bridgehead atoms. The molecule has 1 rings (SSSR count). The highest BCUT2D eigenvalue weighted by Crippen LogP contribution is 2.36. The third-order valence-electron chi connectivity index (χ3n) is 2.88. The molecular weight excluding hydrogens is 354 g/mol. The van der Waals surface area contributed by atoms with E-state index in [1.165, 1.54) is 7.11 Å². The Morgan fingerprint density at radius 1 is 1.32 bits per heavy atom. The van der Waals surface area contributed by atoms with Gasteiger partial charge in [0.15, 0.2) is 11.5 Å². The molecule has 0 saturated heterocycles. The topological polar surface area (TPSA) is 84.9 Å². The van der Waals surface area contributed by atoms with E-state index < -0.39 is 5.97 Å². The molecule has 0 unspecified atom stereocenters. The molecular formula is C15H20BrNO5. The Morgan fingerprint density at radius 3 is 2.64 bits per heavy atom. The lowest BCUT2D eigenvalue weighted by Crippen LogP contribution is -2.24. The van der Waals surface area contributed by atoms with Crippen molar-refractivity contribution in [2.75, 3.05) is 20.3 Å². The van der Waals surface area contributed by atoms with Crippen LogP contribution >= 0.6 is 15.9 Å². The second-order valence-corrected chi connectivity index (χ2v) is 5.38. The van der Waals surface area contributed by atoms with E-state index in [1.807, 2.05) is 6.92 Å². The number of amides is 1. The van der Waals surface area contributed by atoms with Gasteiger partial charge in [0.1, 0.15) is 0 Å². The van der Waals surface area contributed by atoms with Crippen molar-refractivity contribution in [3.63, 3.8) is 0 Å². The van der Waals surface area contributed by atoms with Crippen LogP contribution in [0.2, 0.25) is 0 Å². The van der Waals surface area contributed by atoms with Crippen LogP contribution < -0.4 is 14.8 Å². The van der Waals surface area contributed by atoms with Crippen molar-refractivity contribution in [1.29, 1.82) is 0 Å². The molecule has 6 nitrogen and oxygen atoms in total. The van der Waals surface area contributed by atoms with Crippen LogP contribution in [0.1, 0.15) is 36.5 Å². The van der Waals surface area contributed by atoms with Crippen molar-refractivity contribution in [3.05, 3.63) is 22.2 Å². The number of unbranched alkanes of at least 4 members (excludes halogenated alkanes) is 1. The van der Waals surface area contributed by atoms with Crippen molar-refractivity contribution in [2.45, 2.75) is 26.2 Å². The van der Waals surface area contributed by atoms with E-state index in [0.717, 1.165) is 0 Å². The van der Waals surface area contributed by atoms with Gasteiger partial charge in [0.2, 0.25) is 0 Å². The number of benzene rings is 1. The molecule has 1 aromatic rings. The van der Waals surface area contributed by atoms with Gasteiger partial charge >= 0.3 is 5.97 Å². The van der Waals surface area contributed by atoms with E-state index in [4.69, 9.17) is 14.6 Å². The maximum atomic E-state index is 12.1. The maximum Gasteiger partial charge on any atom is 0.303 e. The van der Waals surface area contributed by atoms with Gasteiger partial charge < -0.3 is 19.9 Å². The summed E-state index contributed by atoms with van der Waals surface area (Å²) in [7, 11) is 1.51. The highest BCUT2D eigenvalue weighted by Gasteiger charge is 2.15. The molecule has 0 fully saturated rings. The van der Waals surface area contributed by atoms with Gasteiger partial charge in [0.05, 0.1) is 18.2 Å². The molecule has 0 atom stereocenters. The average molecular weight is 374 g/mol. The lowest BCUT2D eigenvalue weighted by atomic mass is 10.1. The smallest absolute Gasteiger partial charge is 0.303 e. The summed E-state index contributed by atoms with van der Waals surface area (Å²) in [6.45, 7) is 2.78. The molecule has 22 heavy (non-hydrogen) atoms. The first-order valence-electron chi connectivity index (χ1n) is 6.99. The zero-order valence-corrected chi connectivity index (χ0v) is 14.2. The van der Waals surface area contributed by atoms with Crippen LogP contribution in [-0.4, -0.2) is 37.2 Å². The van der Waals surface area contributed by atoms with Crippen LogP contribution in [0.25, 0.3) is 0 Å². The van der Waals surface area contributed by atoms with Crippen molar-refractivity contribution in [3.8, 4) is 11.5 Å². The zero-order chi connectivity index (χ0) is 16.5. The first-order chi connectivity index (χ1) is 10.5. The average Bonchev–Trinajstić information content (AvgIpc) is 2.48. The Bertz CT molecular complexity index is 533. The number of nitrogens with one attached hydrogen (secondary N) is 1. The standard InChI is InChI=1S/C15H20BrNO5/c1-3-22-14-11(16)8-10(9-12(14)21-2)15(20)17-7-5-4-6-13(18)19/h8-9H,3-7H2,1-2H3,(H,17,20)(H,18,19). The molecule has 0 aliphatic rings. The van der Waals surface area contributed by atoms with E-state index in [2.05, 4.69) is 21.2 Å². The number of hydrogen-bond donors (Lipinski definition) is 2. The number of methoxy groups -OCH3 is 1. The van der Waals surface area contributed by atoms with Crippen molar-refractivity contribution < 1.29 is 24.2 Å². The van der Waals surface area contributed by atoms with Crippen LogP contribution in [0.3, 0.4) is 0 Å². The van der Waals surface area contributed by atoms with Gasteiger partial charge in [-0.15, -0.1) is 0 Å². The van der Waals surface area contributed by atoms with E-state index in [1.54, 1.807) is 12.1 Å². The van der Waals surface area contributed by atoms with E-state index in [0.29, 0.717) is 47.5 Å². The van der Waals surface area contributed by atoms with E-state index in [-0.39, 0.29) is 12.3 Å². The zero-order valence-electron chi connectivity index (χ0n) is 12.6. The third kappa shape index (κ3) is 5.55. The Labute approximate surface area is 137 Å². The normalized spacial score (nSPS) is 10.1. The number of carboxylic acids is 1. The largest absolute Gasteiger partial charge is 0.493 e. The molecule has 122 valence electrons. The SMILES string of the molecule is CCOc1c(Br)cc(C(=O)NCCCCC(=O)O)cc1OC. The molecule has 0 radical (unpaired) electrons. The summed E-state index contributed by atoms with van der Waals surface area (Å²) in [6.07, 6.45) is 1.26. The summed E-state index contributed by atoms with van der Waals surface area (Å²) in [4.78, 5) is 22.5. The van der Waals surface area contributed by atoms with Gasteiger partial charge in [0.25, 0.3) is 5.91 Å². The molecule has 7 heteroatoms. The number of ether oxygens (including phenoxy) is 2. The first-order valence-corrected chi connectivity index (χ1v) is 7.79. The fraction of sp³-hybridized carbons (Fsp3) is 0.467. The van der Waals surface area contributed by atoms with Gasteiger partial charge in [-0.2, -0.15) is 0 Å². The number of carbonyl (C=O) groups is 2. The van der Waals surface area contributed by atoms with Crippen LogP contribution in [0.5, 0.6) is 11.5 Å². The monoisotopic (exact) mass is 373 g/mol. The molecule has 2 N–H and O–H groups in total. The van der Waals surface area contributed by atoms with Crippen molar-refractivity contribution in [1.82, 2.24) is 5.32 Å². The predicted molar refractivity (Wildman–Crippen MR) is 85.7 cm³/mol. The molecule has 0 spiro atoms. The van der Waals surface area contributed by atoms with Crippen molar-refractivity contribution >= 4 is 27.8 Å². The number of rotatable bonds is 9. The highest BCUT2D eigenvalue weighted by atomic mass is 79.9. The van der Waals surface area contributed by atoms with Gasteiger partial charge in [-0.3, -0.25) is 9.59 Å². The van der Waals surface area contributed by atoms with Crippen LogP contribution in [0, 0.1) is 0 Å². The maximum absolute atomic E-state index is 12.1. The summed E-state index contributed by atoms with van der Waals surface area (Å²) in [5, 5.41) is 11.3. The predicted octanol–water partition coefficient (Wildman–Crippen LogP) is 2.84. The van der Waals surface area contributed by atoms with Gasteiger partial charge in [-0.1, -0.05) is 0 Å². The molecule has 0 aliphatic carbocycles. The van der Waals surface area contributed by atoms with E-state index >= 15 is 0 Å². The Kier molecular flexibility index (Phi) is 7.73. The quantitative estimate of drug-likeness (QED) is 0.650.